The van der Waals surface area contributed by atoms with E-state index in [4.69, 9.17) is 9.84 Å². The summed E-state index contributed by atoms with van der Waals surface area (Å²) in [7, 11) is 0. The summed E-state index contributed by atoms with van der Waals surface area (Å²) >= 11 is 0. The molecule has 1 aromatic rings. The van der Waals surface area contributed by atoms with Gasteiger partial charge in [0.1, 0.15) is 5.75 Å². The Morgan fingerprint density at radius 3 is 2.36 bits per heavy atom. The van der Waals surface area contributed by atoms with Crippen LogP contribution in [0.1, 0.15) is 37.6 Å². The van der Waals surface area contributed by atoms with Crippen molar-refractivity contribution in [2.75, 3.05) is 13.2 Å². The van der Waals surface area contributed by atoms with Gasteiger partial charge in [-0.15, -0.1) is 0 Å². The van der Waals surface area contributed by atoms with Crippen LogP contribution in [0, 0.1) is 0 Å². The Bertz CT molecular complexity index is 481. The molecule has 0 aliphatic carbocycles. The van der Waals surface area contributed by atoms with E-state index in [-0.39, 0.29) is 37.1 Å². The van der Waals surface area contributed by atoms with Gasteiger partial charge in [-0.3, -0.25) is 9.59 Å². The molecule has 1 aromatic carbocycles. The highest BCUT2D eigenvalue weighted by atomic mass is 16.5. The van der Waals surface area contributed by atoms with E-state index in [0.29, 0.717) is 17.7 Å². The van der Waals surface area contributed by atoms with Crippen molar-refractivity contribution in [3.63, 3.8) is 0 Å². The highest BCUT2D eigenvalue weighted by Crippen LogP contribution is 2.13. The first kappa shape index (κ1) is 18.0. The number of carbonyl (C=O) groups excluding carboxylic acids is 2. The third kappa shape index (κ3) is 6.13. The third-order valence-corrected chi connectivity index (χ3v) is 2.98. The molecule has 6 heteroatoms. The molecule has 3 N–H and O–H groups in total. The summed E-state index contributed by atoms with van der Waals surface area (Å²) in [4.78, 5) is 23.6. The van der Waals surface area contributed by atoms with Gasteiger partial charge in [0, 0.05) is 5.56 Å². The fourth-order valence-corrected chi connectivity index (χ4v) is 1.78. The molecule has 0 unspecified atom stereocenters. The van der Waals surface area contributed by atoms with E-state index in [0.717, 1.165) is 0 Å². The third-order valence-electron chi connectivity index (χ3n) is 2.98. The number of aliphatic hydroxyl groups excluding tert-OH is 1. The number of rotatable bonds is 8. The quantitative estimate of drug-likeness (QED) is 0.671. The first-order valence-corrected chi connectivity index (χ1v) is 7.41. The monoisotopic (exact) mass is 308 g/mol. The molecule has 0 saturated heterocycles. The molecule has 1 rings (SSSR count). The molecular weight excluding hydrogens is 284 g/mol. The summed E-state index contributed by atoms with van der Waals surface area (Å²) in [6, 6.07) is 6.44. The molecule has 0 saturated carbocycles. The van der Waals surface area contributed by atoms with Gasteiger partial charge in [0.05, 0.1) is 25.3 Å². The average molecular weight is 308 g/mol. The normalized spacial score (nSPS) is 11.9. The molecule has 0 aliphatic heterocycles. The van der Waals surface area contributed by atoms with E-state index in [1.165, 1.54) is 0 Å². The van der Waals surface area contributed by atoms with Gasteiger partial charge in [-0.2, -0.15) is 0 Å². The maximum Gasteiger partial charge on any atom is 0.251 e. The first-order chi connectivity index (χ1) is 10.5. The highest BCUT2D eigenvalue weighted by molar-refractivity contribution is 5.96. The second kappa shape index (κ2) is 9.04. The molecule has 0 radical (unpaired) electrons. The Hall–Kier alpha value is -2.08. The minimum absolute atomic E-state index is 0.0707. The summed E-state index contributed by atoms with van der Waals surface area (Å²) in [6.07, 6.45) is 0.703. The number of carbonyl (C=O) groups is 2. The number of amides is 2. The summed E-state index contributed by atoms with van der Waals surface area (Å²) in [5.41, 5.74) is 0.457. The fourth-order valence-electron chi connectivity index (χ4n) is 1.78. The molecule has 0 aliphatic rings. The molecule has 22 heavy (non-hydrogen) atoms. The first-order valence-electron chi connectivity index (χ1n) is 7.41. The predicted octanol–water partition coefficient (Wildman–Crippen LogP) is 1.09. The van der Waals surface area contributed by atoms with E-state index in [1.54, 1.807) is 24.3 Å². The SMILES string of the molecule is CC[C@@H](CO)NC(=O)CNC(=O)c1ccc(OC(C)C)cc1. The van der Waals surface area contributed by atoms with Crippen LogP contribution in [0.2, 0.25) is 0 Å². The van der Waals surface area contributed by atoms with Crippen LogP contribution < -0.4 is 15.4 Å². The van der Waals surface area contributed by atoms with Crippen molar-refractivity contribution in [1.82, 2.24) is 10.6 Å². The van der Waals surface area contributed by atoms with Crippen molar-refractivity contribution in [1.29, 1.82) is 0 Å². The molecule has 122 valence electrons. The maximum atomic E-state index is 11.9. The minimum atomic E-state index is -0.330. The molecular formula is C16H24N2O4. The Morgan fingerprint density at radius 1 is 1.23 bits per heavy atom. The zero-order valence-electron chi connectivity index (χ0n) is 13.3. The van der Waals surface area contributed by atoms with Crippen molar-refractivity contribution in [3.8, 4) is 5.75 Å². The Labute approximate surface area is 130 Å². The van der Waals surface area contributed by atoms with Crippen LogP contribution in [0.5, 0.6) is 5.75 Å². The van der Waals surface area contributed by atoms with Crippen molar-refractivity contribution in [3.05, 3.63) is 29.8 Å². The lowest BCUT2D eigenvalue weighted by atomic mass is 10.2. The van der Waals surface area contributed by atoms with Crippen LogP contribution in [-0.4, -0.2) is 42.2 Å². The summed E-state index contributed by atoms with van der Waals surface area (Å²) < 4.78 is 5.50. The zero-order chi connectivity index (χ0) is 16.5. The highest BCUT2D eigenvalue weighted by Gasteiger charge is 2.11. The zero-order valence-corrected chi connectivity index (χ0v) is 13.3. The van der Waals surface area contributed by atoms with Gasteiger partial charge in [-0.25, -0.2) is 0 Å². The van der Waals surface area contributed by atoms with Gasteiger partial charge < -0.3 is 20.5 Å². The van der Waals surface area contributed by atoms with E-state index < -0.39 is 0 Å². The number of benzene rings is 1. The van der Waals surface area contributed by atoms with Gasteiger partial charge in [0.15, 0.2) is 0 Å². The Balaban J connectivity index is 2.46. The Kier molecular flexibility index (Phi) is 7.39. The van der Waals surface area contributed by atoms with E-state index >= 15 is 0 Å². The van der Waals surface area contributed by atoms with Crippen molar-refractivity contribution >= 4 is 11.8 Å². The Morgan fingerprint density at radius 2 is 1.86 bits per heavy atom. The minimum Gasteiger partial charge on any atom is -0.491 e. The fraction of sp³-hybridized carbons (Fsp3) is 0.500. The van der Waals surface area contributed by atoms with E-state index in [9.17, 15) is 9.59 Å². The lowest BCUT2D eigenvalue weighted by molar-refractivity contribution is -0.121. The topological polar surface area (TPSA) is 87.7 Å². The summed E-state index contributed by atoms with van der Waals surface area (Å²) in [6.45, 7) is 5.47. The predicted molar refractivity (Wildman–Crippen MR) is 83.8 cm³/mol. The summed E-state index contributed by atoms with van der Waals surface area (Å²) in [5.74, 6) is 0.0373. The lowest BCUT2D eigenvalue weighted by Gasteiger charge is -2.14. The standard InChI is InChI=1S/C16H24N2O4/c1-4-13(10-19)18-15(20)9-17-16(21)12-5-7-14(8-6-12)22-11(2)3/h5-8,11,13,19H,4,9-10H2,1-3H3,(H,17,21)(H,18,20)/t13-/m0/s1. The van der Waals surface area contributed by atoms with Crippen molar-refractivity contribution in [2.45, 2.75) is 39.3 Å². The molecule has 0 bridgehead atoms. The smallest absolute Gasteiger partial charge is 0.251 e. The average Bonchev–Trinajstić information content (AvgIpc) is 2.50. The number of ether oxygens (including phenoxy) is 1. The van der Waals surface area contributed by atoms with Crippen molar-refractivity contribution < 1.29 is 19.4 Å². The van der Waals surface area contributed by atoms with Crippen LogP contribution >= 0.6 is 0 Å². The molecule has 0 aromatic heterocycles. The lowest BCUT2D eigenvalue weighted by Crippen LogP contribution is -2.43. The number of nitrogens with one attached hydrogen (secondary N) is 2. The number of hydrogen-bond donors (Lipinski definition) is 3. The van der Waals surface area contributed by atoms with Gasteiger partial charge in [0.25, 0.3) is 5.91 Å². The van der Waals surface area contributed by atoms with E-state index in [1.807, 2.05) is 20.8 Å². The van der Waals surface area contributed by atoms with E-state index in [2.05, 4.69) is 10.6 Å². The van der Waals surface area contributed by atoms with Gasteiger partial charge in [0.2, 0.25) is 5.91 Å². The maximum absolute atomic E-state index is 11.9. The molecule has 2 amide bonds. The number of aliphatic hydroxyl groups is 1. The summed E-state index contributed by atoms with van der Waals surface area (Å²) in [5, 5.41) is 14.2. The molecule has 0 heterocycles. The largest absolute Gasteiger partial charge is 0.491 e. The molecule has 1 atom stereocenters. The van der Waals surface area contributed by atoms with Crippen LogP contribution in [0.3, 0.4) is 0 Å². The second-order valence-electron chi connectivity index (χ2n) is 5.23. The van der Waals surface area contributed by atoms with Gasteiger partial charge >= 0.3 is 0 Å². The van der Waals surface area contributed by atoms with Crippen molar-refractivity contribution in [2.24, 2.45) is 0 Å². The van der Waals surface area contributed by atoms with Gasteiger partial charge in [-0.05, 0) is 44.5 Å². The van der Waals surface area contributed by atoms with Crippen LogP contribution in [0.4, 0.5) is 0 Å². The van der Waals surface area contributed by atoms with Crippen LogP contribution in [-0.2, 0) is 4.79 Å². The van der Waals surface area contributed by atoms with Gasteiger partial charge in [-0.1, -0.05) is 6.92 Å². The number of hydrogen-bond acceptors (Lipinski definition) is 4. The second-order valence-corrected chi connectivity index (χ2v) is 5.23. The molecule has 0 fully saturated rings. The van der Waals surface area contributed by atoms with Crippen LogP contribution in [0.15, 0.2) is 24.3 Å². The molecule has 6 nitrogen and oxygen atoms in total. The molecule has 0 spiro atoms. The van der Waals surface area contributed by atoms with Crippen LogP contribution in [0.25, 0.3) is 0 Å².